The van der Waals surface area contributed by atoms with Crippen LogP contribution in [0.25, 0.3) is 0 Å². The lowest BCUT2D eigenvalue weighted by Crippen LogP contribution is -2.06. The van der Waals surface area contributed by atoms with Crippen LogP contribution in [0.15, 0.2) is 40.2 Å². The van der Waals surface area contributed by atoms with Gasteiger partial charge in [0.2, 0.25) is 0 Å². The quantitative estimate of drug-likeness (QED) is 0.854. The van der Waals surface area contributed by atoms with Crippen molar-refractivity contribution in [2.75, 3.05) is 5.32 Å². The van der Waals surface area contributed by atoms with E-state index in [2.05, 4.69) is 26.0 Å². The van der Waals surface area contributed by atoms with Gasteiger partial charge in [0, 0.05) is 21.3 Å². The molecule has 1 heterocycles. The van der Waals surface area contributed by atoms with Gasteiger partial charge in [-0.1, -0.05) is 12.1 Å². The van der Waals surface area contributed by atoms with E-state index >= 15 is 0 Å². The van der Waals surface area contributed by atoms with Crippen LogP contribution in [0.4, 0.5) is 14.5 Å². The molecule has 0 spiro atoms. The Bertz CT molecular complexity index is 518. The van der Waals surface area contributed by atoms with Gasteiger partial charge in [0.15, 0.2) is 0 Å². The molecule has 0 unspecified atom stereocenters. The predicted molar refractivity (Wildman–Crippen MR) is 72.4 cm³/mol. The number of alkyl halides is 2. The molecule has 1 aromatic carbocycles. The Kier molecular flexibility index (Phi) is 4.54. The Labute approximate surface area is 116 Å². The van der Waals surface area contributed by atoms with Gasteiger partial charge in [-0.15, -0.1) is 11.3 Å². The molecule has 0 radical (unpaired) electrons. The Hall–Kier alpha value is -1.14. The number of rotatable bonds is 5. The van der Waals surface area contributed by atoms with Gasteiger partial charge in [0.25, 0.3) is 0 Å². The molecule has 1 aromatic heterocycles. The molecule has 0 amide bonds. The molecule has 1 N–H and O–H groups in total. The molecule has 2 aromatic rings. The van der Waals surface area contributed by atoms with Crippen LogP contribution in [0, 0.1) is 0 Å². The van der Waals surface area contributed by atoms with E-state index in [-0.39, 0.29) is 5.75 Å². The van der Waals surface area contributed by atoms with Gasteiger partial charge in [-0.25, -0.2) is 0 Å². The largest absolute Gasteiger partial charge is 0.433 e. The third-order valence-corrected chi connectivity index (χ3v) is 3.88. The summed E-state index contributed by atoms with van der Waals surface area (Å²) in [6, 6.07) is 8.63. The van der Waals surface area contributed by atoms with E-state index in [1.807, 2.05) is 11.4 Å². The van der Waals surface area contributed by atoms with Gasteiger partial charge in [-0.2, -0.15) is 8.78 Å². The highest BCUT2D eigenvalue weighted by atomic mass is 79.9. The minimum Gasteiger partial charge on any atom is -0.433 e. The summed E-state index contributed by atoms with van der Waals surface area (Å²) in [6.07, 6.45) is 0. The Balaban J connectivity index is 2.04. The van der Waals surface area contributed by atoms with Crippen LogP contribution >= 0.6 is 27.3 Å². The lowest BCUT2D eigenvalue weighted by atomic mass is 10.3. The molecule has 0 atom stereocenters. The zero-order chi connectivity index (χ0) is 13.0. The summed E-state index contributed by atoms with van der Waals surface area (Å²) in [6.45, 7) is -2.25. The van der Waals surface area contributed by atoms with E-state index in [9.17, 15) is 8.78 Å². The minimum atomic E-state index is -2.82. The smallest absolute Gasteiger partial charge is 0.387 e. The highest BCUT2D eigenvalue weighted by molar-refractivity contribution is 9.10. The fraction of sp³-hybridized carbons (Fsp3) is 0.167. The van der Waals surface area contributed by atoms with Crippen LogP contribution in [0.1, 0.15) is 4.88 Å². The molecular formula is C12H10BrF2NOS. The summed E-state index contributed by atoms with van der Waals surface area (Å²) < 4.78 is 29.9. The summed E-state index contributed by atoms with van der Waals surface area (Å²) >= 11 is 4.95. The first kappa shape index (κ1) is 13.3. The van der Waals surface area contributed by atoms with Crippen molar-refractivity contribution in [3.8, 4) is 5.75 Å². The summed E-state index contributed by atoms with van der Waals surface area (Å²) in [5.41, 5.74) is 0.558. The highest BCUT2D eigenvalue weighted by Gasteiger charge is 2.08. The van der Waals surface area contributed by atoms with Crippen LogP contribution in [0.5, 0.6) is 5.75 Å². The second kappa shape index (κ2) is 6.15. The minimum absolute atomic E-state index is 0.156. The van der Waals surface area contributed by atoms with Gasteiger partial charge in [-0.3, -0.25) is 0 Å². The normalized spacial score (nSPS) is 10.7. The number of hydrogen-bond donors (Lipinski definition) is 1. The molecule has 18 heavy (non-hydrogen) atoms. The molecule has 0 bridgehead atoms. The monoisotopic (exact) mass is 333 g/mol. The molecule has 0 aliphatic carbocycles. The van der Waals surface area contributed by atoms with Gasteiger partial charge < -0.3 is 10.1 Å². The van der Waals surface area contributed by atoms with Crippen LogP contribution in [-0.2, 0) is 6.54 Å². The molecule has 0 aliphatic heterocycles. The number of thiophene rings is 1. The van der Waals surface area contributed by atoms with Crippen molar-refractivity contribution in [2.45, 2.75) is 13.2 Å². The lowest BCUT2D eigenvalue weighted by molar-refractivity contribution is -0.0493. The molecule has 6 heteroatoms. The summed E-state index contributed by atoms with van der Waals surface area (Å²) in [7, 11) is 0. The van der Waals surface area contributed by atoms with E-state index in [4.69, 9.17) is 0 Å². The number of ether oxygens (including phenoxy) is 1. The number of hydrogen-bond acceptors (Lipinski definition) is 3. The molecule has 2 nitrogen and oxygen atoms in total. The van der Waals surface area contributed by atoms with Crippen LogP contribution in [0.2, 0.25) is 0 Å². The molecule has 0 saturated heterocycles. The number of nitrogens with one attached hydrogen (secondary N) is 1. The van der Waals surface area contributed by atoms with Crippen LogP contribution < -0.4 is 10.1 Å². The lowest BCUT2D eigenvalue weighted by Gasteiger charge is -2.11. The highest BCUT2D eigenvalue weighted by Crippen LogP contribution is 2.27. The summed E-state index contributed by atoms with van der Waals surface area (Å²) in [5, 5.41) is 5.05. The number of anilines is 1. The SMILES string of the molecule is FC(F)Oc1ccccc1NCc1cc(Br)cs1. The number of para-hydroxylation sites is 2. The topological polar surface area (TPSA) is 21.3 Å². The van der Waals surface area contributed by atoms with E-state index in [1.165, 1.54) is 6.07 Å². The van der Waals surface area contributed by atoms with E-state index in [1.54, 1.807) is 29.5 Å². The van der Waals surface area contributed by atoms with Crippen molar-refractivity contribution in [2.24, 2.45) is 0 Å². The first-order chi connectivity index (χ1) is 8.65. The van der Waals surface area contributed by atoms with E-state index in [0.29, 0.717) is 12.2 Å². The Morgan fingerprint density at radius 2 is 2.11 bits per heavy atom. The first-order valence-electron chi connectivity index (χ1n) is 5.16. The Morgan fingerprint density at radius 1 is 1.33 bits per heavy atom. The predicted octanol–water partition coefficient (Wildman–Crippen LogP) is 4.72. The average molecular weight is 334 g/mol. The molecule has 0 aliphatic rings. The van der Waals surface area contributed by atoms with Gasteiger partial charge in [0.05, 0.1) is 5.69 Å². The third-order valence-electron chi connectivity index (χ3n) is 2.18. The summed E-state index contributed by atoms with van der Waals surface area (Å²) in [4.78, 5) is 1.11. The van der Waals surface area contributed by atoms with Gasteiger partial charge in [0.1, 0.15) is 5.75 Å². The maximum absolute atomic E-state index is 12.2. The maximum Gasteiger partial charge on any atom is 0.387 e. The van der Waals surface area contributed by atoms with Crippen molar-refractivity contribution in [3.63, 3.8) is 0 Å². The molecule has 2 rings (SSSR count). The van der Waals surface area contributed by atoms with Crippen molar-refractivity contribution in [1.82, 2.24) is 0 Å². The molecule has 0 saturated carbocycles. The van der Waals surface area contributed by atoms with Gasteiger partial charge in [-0.05, 0) is 34.1 Å². The van der Waals surface area contributed by atoms with Crippen LogP contribution in [0.3, 0.4) is 0 Å². The van der Waals surface area contributed by atoms with Crippen molar-refractivity contribution in [1.29, 1.82) is 0 Å². The average Bonchev–Trinajstić information content (AvgIpc) is 2.73. The number of halogens is 3. The first-order valence-corrected chi connectivity index (χ1v) is 6.83. The zero-order valence-corrected chi connectivity index (χ0v) is 11.6. The fourth-order valence-corrected chi connectivity index (χ4v) is 2.83. The third kappa shape index (κ3) is 3.68. The number of benzene rings is 1. The van der Waals surface area contributed by atoms with Crippen LogP contribution in [-0.4, -0.2) is 6.61 Å². The molecular weight excluding hydrogens is 324 g/mol. The Morgan fingerprint density at radius 3 is 2.78 bits per heavy atom. The summed E-state index contributed by atoms with van der Waals surface area (Å²) in [5.74, 6) is 0.156. The zero-order valence-electron chi connectivity index (χ0n) is 9.20. The van der Waals surface area contributed by atoms with Crippen molar-refractivity contribution < 1.29 is 13.5 Å². The van der Waals surface area contributed by atoms with Crippen molar-refractivity contribution >= 4 is 33.0 Å². The second-order valence-corrected chi connectivity index (χ2v) is 5.37. The maximum atomic E-state index is 12.2. The van der Waals surface area contributed by atoms with Gasteiger partial charge >= 0.3 is 6.61 Å². The van der Waals surface area contributed by atoms with Crippen molar-refractivity contribution in [3.05, 3.63) is 45.1 Å². The molecule has 0 fully saturated rings. The van der Waals surface area contributed by atoms with E-state index < -0.39 is 6.61 Å². The standard InChI is InChI=1S/C12H10BrF2NOS/c13-8-5-9(18-7-8)6-16-10-3-1-2-4-11(10)17-12(14)15/h1-5,7,12,16H,6H2. The fourth-order valence-electron chi connectivity index (χ4n) is 1.44. The molecule has 96 valence electrons. The van der Waals surface area contributed by atoms with E-state index in [0.717, 1.165) is 9.35 Å². The second-order valence-electron chi connectivity index (χ2n) is 3.46.